The van der Waals surface area contributed by atoms with E-state index in [0.29, 0.717) is 11.4 Å². The maximum atomic E-state index is 11.8. The van der Waals surface area contributed by atoms with Crippen LogP contribution in [-0.2, 0) is 0 Å². The van der Waals surface area contributed by atoms with Gasteiger partial charge in [-0.1, -0.05) is 12.1 Å². The van der Waals surface area contributed by atoms with Crippen LogP contribution < -0.4 is 5.32 Å². The Balaban J connectivity index is 2.87. The zero-order valence-corrected chi connectivity index (χ0v) is 11.6. The highest BCUT2D eigenvalue weighted by Gasteiger charge is 2.12. The van der Waals surface area contributed by atoms with Crippen LogP contribution in [0, 0.1) is 10.5 Å². The molecule has 0 bridgehead atoms. The van der Waals surface area contributed by atoms with Crippen molar-refractivity contribution < 1.29 is 4.79 Å². The lowest BCUT2D eigenvalue weighted by Gasteiger charge is -2.12. The highest BCUT2D eigenvalue weighted by atomic mass is 127. The van der Waals surface area contributed by atoms with Crippen molar-refractivity contribution in [3.05, 3.63) is 32.9 Å². The fourth-order valence-corrected chi connectivity index (χ4v) is 1.84. The number of halogens is 2. The maximum Gasteiger partial charge on any atom is 0.252 e. The van der Waals surface area contributed by atoms with E-state index in [2.05, 4.69) is 27.9 Å². The average molecular weight is 338 g/mol. The van der Waals surface area contributed by atoms with Gasteiger partial charge in [-0.25, -0.2) is 0 Å². The van der Waals surface area contributed by atoms with Gasteiger partial charge in [-0.15, -0.1) is 11.6 Å². The summed E-state index contributed by atoms with van der Waals surface area (Å²) in [4.78, 5) is 11.8. The number of alkyl halides is 1. The van der Waals surface area contributed by atoms with Crippen LogP contribution in [0.4, 0.5) is 0 Å². The normalized spacial score (nSPS) is 12.3. The molecular formula is C11H13ClINO. The summed E-state index contributed by atoms with van der Waals surface area (Å²) in [6, 6.07) is 5.70. The Kier molecular flexibility index (Phi) is 4.86. The van der Waals surface area contributed by atoms with Crippen LogP contribution in [0.5, 0.6) is 0 Å². The fraction of sp³-hybridized carbons (Fsp3) is 0.364. The molecule has 0 saturated carbocycles. The molecule has 0 saturated heterocycles. The highest BCUT2D eigenvalue weighted by Crippen LogP contribution is 2.16. The molecule has 0 aromatic heterocycles. The summed E-state index contributed by atoms with van der Waals surface area (Å²) in [5.41, 5.74) is 1.83. The molecule has 1 rings (SSSR count). The van der Waals surface area contributed by atoms with E-state index in [1.807, 2.05) is 32.0 Å². The van der Waals surface area contributed by atoms with Gasteiger partial charge >= 0.3 is 0 Å². The number of amides is 1. The second-order valence-corrected chi connectivity index (χ2v) is 4.85. The molecule has 0 radical (unpaired) electrons. The number of benzene rings is 1. The summed E-state index contributed by atoms with van der Waals surface area (Å²) < 4.78 is 0.995. The van der Waals surface area contributed by atoms with Crippen LogP contribution >= 0.6 is 34.2 Å². The van der Waals surface area contributed by atoms with E-state index in [0.717, 1.165) is 9.13 Å². The van der Waals surface area contributed by atoms with Crippen molar-refractivity contribution in [2.75, 3.05) is 5.88 Å². The van der Waals surface area contributed by atoms with Crippen LogP contribution in [0.25, 0.3) is 0 Å². The molecule has 0 aliphatic rings. The highest BCUT2D eigenvalue weighted by molar-refractivity contribution is 14.1. The predicted octanol–water partition coefficient (Wildman–Crippen LogP) is 2.96. The largest absolute Gasteiger partial charge is 0.348 e. The van der Waals surface area contributed by atoms with Gasteiger partial charge in [0.1, 0.15) is 0 Å². The van der Waals surface area contributed by atoms with E-state index in [1.54, 1.807) is 0 Å². The zero-order chi connectivity index (χ0) is 11.4. The van der Waals surface area contributed by atoms with Gasteiger partial charge in [0.15, 0.2) is 0 Å². The molecule has 0 aliphatic carbocycles. The minimum Gasteiger partial charge on any atom is -0.348 e. The summed E-state index contributed by atoms with van der Waals surface area (Å²) in [6.07, 6.45) is 0. The number of nitrogens with one attached hydrogen (secondary N) is 1. The Morgan fingerprint density at radius 2 is 2.27 bits per heavy atom. The third-order valence-corrected chi connectivity index (χ3v) is 3.94. The first-order valence-corrected chi connectivity index (χ1v) is 6.29. The van der Waals surface area contributed by atoms with Gasteiger partial charge in [-0.3, -0.25) is 4.79 Å². The van der Waals surface area contributed by atoms with Crippen LogP contribution in [-0.4, -0.2) is 17.8 Å². The molecule has 1 atom stereocenters. The molecule has 4 heteroatoms. The standard InChI is InChI=1S/C11H13ClINO/c1-7-4-3-5-9(10(7)13)11(15)14-8(2)6-12/h3-5,8H,6H2,1-2H3,(H,14,15). The fourth-order valence-electron chi connectivity index (χ4n) is 1.16. The van der Waals surface area contributed by atoms with Crippen molar-refractivity contribution in [2.45, 2.75) is 19.9 Å². The lowest BCUT2D eigenvalue weighted by Crippen LogP contribution is -2.34. The van der Waals surface area contributed by atoms with Gasteiger partial charge in [0, 0.05) is 15.5 Å². The van der Waals surface area contributed by atoms with Crippen molar-refractivity contribution in [2.24, 2.45) is 0 Å². The van der Waals surface area contributed by atoms with E-state index in [4.69, 9.17) is 11.6 Å². The van der Waals surface area contributed by atoms with Gasteiger partial charge in [0.25, 0.3) is 5.91 Å². The summed E-state index contributed by atoms with van der Waals surface area (Å²) in [6.45, 7) is 3.87. The van der Waals surface area contributed by atoms with Crippen molar-refractivity contribution >= 4 is 40.1 Å². The summed E-state index contributed by atoms with van der Waals surface area (Å²) in [5, 5.41) is 2.84. The van der Waals surface area contributed by atoms with Crippen LogP contribution in [0.15, 0.2) is 18.2 Å². The summed E-state index contributed by atoms with van der Waals surface area (Å²) in [5.74, 6) is 0.366. The Morgan fingerprint density at radius 3 is 2.87 bits per heavy atom. The average Bonchev–Trinajstić information content (AvgIpc) is 2.21. The second-order valence-electron chi connectivity index (χ2n) is 3.47. The van der Waals surface area contributed by atoms with Crippen molar-refractivity contribution in [3.63, 3.8) is 0 Å². The minimum absolute atomic E-state index is 0.00419. The molecule has 2 nitrogen and oxygen atoms in total. The first kappa shape index (κ1) is 12.8. The Labute approximate surface area is 109 Å². The van der Waals surface area contributed by atoms with E-state index in [-0.39, 0.29) is 11.9 Å². The minimum atomic E-state index is -0.0590. The molecule has 82 valence electrons. The van der Waals surface area contributed by atoms with Gasteiger partial charge in [0.05, 0.1) is 5.56 Å². The van der Waals surface area contributed by atoms with Gasteiger partial charge in [-0.2, -0.15) is 0 Å². The van der Waals surface area contributed by atoms with Gasteiger partial charge < -0.3 is 5.32 Å². The third kappa shape index (κ3) is 3.34. The lowest BCUT2D eigenvalue weighted by molar-refractivity contribution is 0.0942. The van der Waals surface area contributed by atoms with Crippen LogP contribution in [0.2, 0.25) is 0 Å². The lowest BCUT2D eigenvalue weighted by atomic mass is 10.1. The number of rotatable bonds is 3. The molecule has 1 N–H and O–H groups in total. The number of carbonyl (C=O) groups excluding carboxylic acids is 1. The van der Waals surface area contributed by atoms with Crippen molar-refractivity contribution in [3.8, 4) is 0 Å². The first-order chi connectivity index (χ1) is 7.06. The quantitative estimate of drug-likeness (QED) is 0.667. The number of hydrogen-bond acceptors (Lipinski definition) is 1. The van der Waals surface area contributed by atoms with Crippen molar-refractivity contribution in [1.82, 2.24) is 5.32 Å². The van der Waals surface area contributed by atoms with Crippen molar-refractivity contribution in [1.29, 1.82) is 0 Å². The van der Waals surface area contributed by atoms with E-state index in [9.17, 15) is 4.79 Å². The molecule has 1 aromatic carbocycles. The molecule has 1 amide bonds. The summed E-state index contributed by atoms with van der Waals surface area (Å²) >= 11 is 7.82. The second kappa shape index (κ2) is 5.70. The Bertz CT molecular complexity index is 368. The molecule has 0 aliphatic heterocycles. The molecule has 0 spiro atoms. The molecule has 1 unspecified atom stereocenters. The first-order valence-electron chi connectivity index (χ1n) is 4.68. The number of carbonyl (C=O) groups is 1. The topological polar surface area (TPSA) is 29.1 Å². The predicted molar refractivity (Wildman–Crippen MR) is 71.5 cm³/mol. The van der Waals surface area contributed by atoms with E-state index >= 15 is 0 Å². The van der Waals surface area contributed by atoms with Gasteiger partial charge in [-0.05, 0) is 48.1 Å². The monoisotopic (exact) mass is 337 g/mol. The zero-order valence-electron chi connectivity index (χ0n) is 8.68. The molecule has 0 fully saturated rings. The van der Waals surface area contributed by atoms with E-state index < -0.39 is 0 Å². The van der Waals surface area contributed by atoms with E-state index in [1.165, 1.54) is 0 Å². The summed E-state index contributed by atoms with van der Waals surface area (Å²) in [7, 11) is 0. The molecule has 15 heavy (non-hydrogen) atoms. The molecular weight excluding hydrogens is 324 g/mol. The SMILES string of the molecule is Cc1cccc(C(=O)NC(C)CCl)c1I. The smallest absolute Gasteiger partial charge is 0.252 e. The van der Waals surface area contributed by atoms with Gasteiger partial charge in [0.2, 0.25) is 0 Å². The number of aryl methyl sites for hydroxylation is 1. The molecule has 0 heterocycles. The van der Waals surface area contributed by atoms with Crippen LogP contribution in [0.3, 0.4) is 0 Å². The Hall–Kier alpha value is -0.290. The third-order valence-electron chi connectivity index (χ3n) is 2.05. The Morgan fingerprint density at radius 1 is 1.60 bits per heavy atom. The number of hydrogen-bond donors (Lipinski definition) is 1. The molecule has 1 aromatic rings. The van der Waals surface area contributed by atoms with Crippen LogP contribution in [0.1, 0.15) is 22.8 Å². The maximum absolute atomic E-state index is 11.8.